The number of allylic oxidation sites excluding steroid dienone is 2. The topological polar surface area (TPSA) is 107 Å². The summed E-state index contributed by atoms with van der Waals surface area (Å²) < 4.78 is 18.6. The van der Waals surface area contributed by atoms with Crippen molar-refractivity contribution in [3.05, 3.63) is 42.2 Å². The number of carboxylic acids is 1. The first-order valence-corrected chi connectivity index (χ1v) is 11.2. The molecule has 0 aliphatic heterocycles. The van der Waals surface area contributed by atoms with Crippen LogP contribution in [0.15, 0.2) is 36.4 Å². The van der Waals surface area contributed by atoms with Gasteiger partial charge in [0, 0.05) is 35.8 Å². The molecule has 6 unspecified atom stereocenters. The van der Waals surface area contributed by atoms with Gasteiger partial charge in [-0.1, -0.05) is 25.1 Å². The molecule has 4 N–H and O–H groups in total. The number of aliphatic hydroxyl groups excluding tert-OH is 3. The van der Waals surface area contributed by atoms with Crippen molar-refractivity contribution < 1.29 is 34.3 Å². The number of carbonyl (C=O) groups is 1. The molecule has 1 fully saturated rings. The van der Waals surface area contributed by atoms with Crippen LogP contribution < -0.4 is 4.74 Å². The van der Waals surface area contributed by atoms with E-state index in [0.29, 0.717) is 30.8 Å². The SMILES string of the molecule is CC(C=CCC1C(O)CC(O)C1SCC(O)COc1cccc(F)c1)CCC(=O)O. The third kappa shape index (κ3) is 8.26. The second kappa shape index (κ2) is 12.3. The lowest BCUT2D eigenvalue weighted by Crippen LogP contribution is -2.28. The number of carboxylic acid groups (broad SMARTS) is 1. The van der Waals surface area contributed by atoms with Crippen molar-refractivity contribution in [2.45, 2.75) is 56.2 Å². The number of thioether (sulfide) groups is 1. The first-order chi connectivity index (χ1) is 14.3. The molecule has 6 atom stereocenters. The molecule has 0 bridgehead atoms. The number of halogens is 1. The zero-order valence-electron chi connectivity index (χ0n) is 17.1. The molecule has 1 aliphatic carbocycles. The lowest BCUT2D eigenvalue weighted by atomic mass is 9.98. The number of benzene rings is 1. The van der Waals surface area contributed by atoms with Gasteiger partial charge in [0.2, 0.25) is 0 Å². The lowest BCUT2D eigenvalue weighted by molar-refractivity contribution is -0.137. The Hall–Kier alpha value is -1.61. The van der Waals surface area contributed by atoms with Crippen LogP contribution in [0.5, 0.6) is 5.75 Å². The summed E-state index contributed by atoms with van der Waals surface area (Å²) >= 11 is 1.40. The first kappa shape index (κ1) is 24.7. The largest absolute Gasteiger partial charge is 0.491 e. The molecule has 30 heavy (non-hydrogen) atoms. The quantitative estimate of drug-likeness (QED) is 0.369. The normalized spacial score (nSPS) is 26.0. The molecule has 1 aromatic rings. The monoisotopic (exact) mass is 442 g/mol. The molecule has 2 rings (SSSR count). The molecule has 0 amide bonds. The van der Waals surface area contributed by atoms with E-state index < -0.39 is 30.1 Å². The van der Waals surface area contributed by atoms with Crippen molar-refractivity contribution in [2.24, 2.45) is 11.8 Å². The highest BCUT2D eigenvalue weighted by molar-refractivity contribution is 8.00. The minimum absolute atomic E-state index is 0.00742. The maximum atomic E-state index is 13.2. The Balaban J connectivity index is 1.79. The minimum atomic E-state index is -0.819. The van der Waals surface area contributed by atoms with E-state index in [-0.39, 0.29) is 30.1 Å². The van der Waals surface area contributed by atoms with Crippen molar-refractivity contribution in [2.75, 3.05) is 12.4 Å². The zero-order valence-corrected chi connectivity index (χ0v) is 17.9. The molecule has 1 aromatic carbocycles. The molecule has 1 aliphatic rings. The van der Waals surface area contributed by atoms with Gasteiger partial charge in [0.25, 0.3) is 0 Å². The molecule has 168 valence electrons. The molecule has 0 saturated heterocycles. The van der Waals surface area contributed by atoms with Crippen LogP contribution in [-0.4, -0.2) is 62.3 Å². The summed E-state index contributed by atoms with van der Waals surface area (Å²) in [5, 5.41) is 39.3. The number of ether oxygens (including phenoxy) is 1. The maximum Gasteiger partial charge on any atom is 0.303 e. The summed E-state index contributed by atoms with van der Waals surface area (Å²) in [5.74, 6) is -0.593. The van der Waals surface area contributed by atoms with E-state index in [1.54, 1.807) is 6.07 Å². The van der Waals surface area contributed by atoms with Gasteiger partial charge in [-0.15, -0.1) is 0 Å². The van der Waals surface area contributed by atoms with E-state index in [1.807, 2.05) is 19.1 Å². The third-order valence-corrected chi connectivity index (χ3v) is 6.81. The first-order valence-electron chi connectivity index (χ1n) is 10.2. The summed E-state index contributed by atoms with van der Waals surface area (Å²) in [6, 6.07) is 5.70. The highest BCUT2D eigenvalue weighted by atomic mass is 32.2. The Morgan fingerprint density at radius 3 is 2.83 bits per heavy atom. The highest BCUT2D eigenvalue weighted by Crippen LogP contribution is 2.38. The van der Waals surface area contributed by atoms with Gasteiger partial charge in [-0.3, -0.25) is 4.79 Å². The van der Waals surface area contributed by atoms with Crippen molar-refractivity contribution in [3.63, 3.8) is 0 Å². The molecule has 8 heteroatoms. The van der Waals surface area contributed by atoms with E-state index in [9.17, 15) is 24.5 Å². The van der Waals surface area contributed by atoms with Gasteiger partial charge >= 0.3 is 5.97 Å². The fourth-order valence-electron chi connectivity index (χ4n) is 3.52. The smallest absolute Gasteiger partial charge is 0.303 e. The van der Waals surface area contributed by atoms with E-state index in [2.05, 4.69) is 0 Å². The van der Waals surface area contributed by atoms with E-state index in [4.69, 9.17) is 9.84 Å². The van der Waals surface area contributed by atoms with Crippen LogP contribution >= 0.6 is 11.8 Å². The molecule has 6 nitrogen and oxygen atoms in total. The summed E-state index contributed by atoms with van der Waals surface area (Å²) in [6.07, 6.45) is 3.34. The third-order valence-electron chi connectivity index (χ3n) is 5.18. The molecular weight excluding hydrogens is 411 g/mol. The van der Waals surface area contributed by atoms with Crippen LogP contribution in [0.3, 0.4) is 0 Å². The summed E-state index contributed by atoms with van der Waals surface area (Å²) in [7, 11) is 0. The van der Waals surface area contributed by atoms with E-state index in [1.165, 1.54) is 30.0 Å². The maximum absolute atomic E-state index is 13.2. The van der Waals surface area contributed by atoms with Crippen molar-refractivity contribution in [3.8, 4) is 5.75 Å². The molecule has 1 saturated carbocycles. The average Bonchev–Trinajstić information content (AvgIpc) is 2.96. The molecule has 0 radical (unpaired) electrons. The van der Waals surface area contributed by atoms with Crippen LogP contribution in [0, 0.1) is 17.7 Å². The van der Waals surface area contributed by atoms with E-state index in [0.717, 1.165) is 0 Å². The predicted octanol–water partition coefficient (Wildman–Crippen LogP) is 2.86. The fraction of sp³-hybridized carbons (Fsp3) is 0.591. The summed E-state index contributed by atoms with van der Waals surface area (Å²) in [6.45, 7) is 1.95. The zero-order chi connectivity index (χ0) is 22.1. The predicted molar refractivity (Wildman–Crippen MR) is 114 cm³/mol. The van der Waals surface area contributed by atoms with Gasteiger partial charge in [-0.25, -0.2) is 4.39 Å². The van der Waals surface area contributed by atoms with Crippen LogP contribution in [-0.2, 0) is 4.79 Å². The van der Waals surface area contributed by atoms with Gasteiger partial charge < -0.3 is 25.2 Å². The van der Waals surface area contributed by atoms with Crippen LogP contribution in [0.4, 0.5) is 4.39 Å². The standard InChI is InChI=1S/C22H31FO6S/c1-14(8-9-21(27)28)4-2-7-18-19(25)11-20(26)22(18)30-13-16(24)12-29-17-6-3-5-15(23)10-17/h2-6,10,14,16,18-20,22,24-26H,7-9,11-13H2,1H3,(H,27,28). The van der Waals surface area contributed by atoms with Crippen molar-refractivity contribution in [1.29, 1.82) is 0 Å². The summed E-state index contributed by atoms with van der Waals surface area (Å²) in [4.78, 5) is 10.6. The molecule has 0 aromatic heterocycles. The number of aliphatic carboxylic acids is 1. The highest BCUT2D eigenvalue weighted by Gasteiger charge is 2.41. The van der Waals surface area contributed by atoms with Crippen LogP contribution in [0.1, 0.15) is 32.6 Å². The Morgan fingerprint density at radius 2 is 2.13 bits per heavy atom. The van der Waals surface area contributed by atoms with Gasteiger partial charge in [-0.2, -0.15) is 11.8 Å². The average molecular weight is 443 g/mol. The van der Waals surface area contributed by atoms with Gasteiger partial charge in [0.15, 0.2) is 0 Å². The van der Waals surface area contributed by atoms with Crippen molar-refractivity contribution in [1.82, 2.24) is 0 Å². The number of aliphatic hydroxyl groups is 3. The Morgan fingerprint density at radius 1 is 1.37 bits per heavy atom. The van der Waals surface area contributed by atoms with Crippen LogP contribution in [0.2, 0.25) is 0 Å². The van der Waals surface area contributed by atoms with E-state index >= 15 is 0 Å². The Bertz CT molecular complexity index is 700. The Kier molecular flexibility index (Phi) is 10.1. The number of hydrogen-bond donors (Lipinski definition) is 4. The molecular formula is C22H31FO6S. The van der Waals surface area contributed by atoms with Gasteiger partial charge in [-0.05, 0) is 30.9 Å². The second-order valence-electron chi connectivity index (χ2n) is 7.83. The second-order valence-corrected chi connectivity index (χ2v) is 9.04. The number of rotatable bonds is 12. The Labute approximate surface area is 180 Å². The van der Waals surface area contributed by atoms with Gasteiger partial charge in [0.1, 0.15) is 18.2 Å². The lowest BCUT2D eigenvalue weighted by Gasteiger charge is -2.23. The van der Waals surface area contributed by atoms with Gasteiger partial charge in [0.05, 0.1) is 18.3 Å². The minimum Gasteiger partial charge on any atom is -0.491 e. The van der Waals surface area contributed by atoms with Crippen LogP contribution in [0.25, 0.3) is 0 Å². The fourth-order valence-corrected chi connectivity index (χ4v) is 4.93. The van der Waals surface area contributed by atoms with Crippen molar-refractivity contribution >= 4 is 17.7 Å². The summed E-state index contributed by atoms with van der Waals surface area (Å²) in [5.41, 5.74) is 0. The number of hydrogen-bond acceptors (Lipinski definition) is 6. The molecule has 0 heterocycles. The molecule has 0 spiro atoms.